The van der Waals surface area contributed by atoms with E-state index in [-0.39, 0.29) is 11.0 Å². The number of benzene rings is 3. The van der Waals surface area contributed by atoms with Crippen molar-refractivity contribution in [3.05, 3.63) is 70.0 Å². The molecule has 2 N–H and O–H groups in total. The number of hydrogen-bond donors (Lipinski definition) is 2. The molecule has 0 radical (unpaired) electrons. The molecule has 4 aromatic rings. The standard InChI is InChI=1S/C23H18BrN3O3S2/c1-29-15-9-7-13(8-10-15)18-12-32-23(25-18)27-22(31)26-21(28)17-11-14-5-3-4-6-16(14)19(24)20(17)30-2/h3-12H,1-2H3,(H2,25,26,27,28,31). The molecule has 0 aliphatic carbocycles. The number of methoxy groups -OCH3 is 2. The Hall–Kier alpha value is -3.01. The summed E-state index contributed by atoms with van der Waals surface area (Å²) in [5, 5.41) is 10.2. The number of nitrogens with zero attached hydrogens (tertiary/aromatic N) is 1. The number of carbonyl (C=O) groups is 1. The summed E-state index contributed by atoms with van der Waals surface area (Å²) < 4.78 is 11.4. The molecular weight excluding hydrogens is 510 g/mol. The zero-order chi connectivity index (χ0) is 22.7. The molecule has 3 aromatic carbocycles. The molecule has 0 aliphatic rings. The smallest absolute Gasteiger partial charge is 0.261 e. The molecule has 0 bridgehead atoms. The largest absolute Gasteiger partial charge is 0.497 e. The highest BCUT2D eigenvalue weighted by Crippen LogP contribution is 2.36. The molecule has 4 rings (SSSR count). The zero-order valence-electron chi connectivity index (χ0n) is 17.1. The maximum absolute atomic E-state index is 12.9. The Balaban J connectivity index is 1.49. The quantitative estimate of drug-likeness (QED) is 0.316. The molecule has 9 heteroatoms. The first-order valence-electron chi connectivity index (χ1n) is 9.47. The molecule has 6 nitrogen and oxygen atoms in total. The second-order valence-electron chi connectivity index (χ2n) is 6.67. The van der Waals surface area contributed by atoms with Gasteiger partial charge in [0.05, 0.1) is 29.9 Å². The van der Waals surface area contributed by atoms with E-state index < -0.39 is 0 Å². The Kier molecular flexibility index (Phi) is 6.69. The maximum Gasteiger partial charge on any atom is 0.261 e. The van der Waals surface area contributed by atoms with Crippen LogP contribution in [0.4, 0.5) is 5.13 Å². The maximum atomic E-state index is 12.9. The van der Waals surface area contributed by atoms with Gasteiger partial charge in [-0.2, -0.15) is 0 Å². The molecular formula is C23H18BrN3O3S2. The molecule has 1 aromatic heterocycles. The van der Waals surface area contributed by atoms with Crippen LogP contribution in [0.1, 0.15) is 10.4 Å². The van der Waals surface area contributed by atoms with E-state index in [0.717, 1.165) is 27.8 Å². The number of thiocarbonyl (C=S) groups is 1. The highest BCUT2D eigenvalue weighted by molar-refractivity contribution is 9.10. The number of hydrogen-bond acceptors (Lipinski definition) is 6. The molecule has 0 saturated carbocycles. The summed E-state index contributed by atoms with van der Waals surface area (Å²) in [7, 11) is 3.15. The summed E-state index contributed by atoms with van der Waals surface area (Å²) in [5.41, 5.74) is 2.13. The fraction of sp³-hybridized carbons (Fsp3) is 0.0870. The second-order valence-corrected chi connectivity index (χ2v) is 8.73. The van der Waals surface area contributed by atoms with Gasteiger partial charge in [-0.05, 0) is 69.3 Å². The fourth-order valence-corrected chi connectivity index (χ4v) is 4.89. The van der Waals surface area contributed by atoms with E-state index in [1.807, 2.05) is 53.9 Å². The van der Waals surface area contributed by atoms with Crippen LogP contribution in [0, 0.1) is 0 Å². The Morgan fingerprint density at radius 2 is 1.84 bits per heavy atom. The van der Waals surface area contributed by atoms with E-state index in [9.17, 15) is 4.79 Å². The Bertz CT molecular complexity index is 1310. The van der Waals surface area contributed by atoms with Crippen LogP contribution >= 0.6 is 39.5 Å². The molecule has 1 heterocycles. The number of ether oxygens (including phenoxy) is 2. The van der Waals surface area contributed by atoms with Crippen LogP contribution in [0.2, 0.25) is 0 Å². The predicted molar refractivity (Wildman–Crippen MR) is 136 cm³/mol. The fourth-order valence-electron chi connectivity index (χ4n) is 3.18. The van der Waals surface area contributed by atoms with Crippen LogP contribution in [0.5, 0.6) is 11.5 Å². The molecule has 162 valence electrons. The minimum atomic E-state index is -0.377. The Morgan fingerprint density at radius 3 is 2.56 bits per heavy atom. The lowest BCUT2D eigenvalue weighted by Gasteiger charge is -2.14. The van der Waals surface area contributed by atoms with Crippen molar-refractivity contribution in [3.8, 4) is 22.8 Å². The van der Waals surface area contributed by atoms with Crippen molar-refractivity contribution in [2.75, 3.05) is 19.5 Å². The number of amides is 1. The number of halogens is 1. The third kappa shape index (κ3) is 4.59. The van der Waals surface area contributed by atoms with Crippen LogP contribution in [-0.2, 0) is 0 Å². The minimum absolute atomic E-state index is 0.150. The summed E-state index contributed by atoms with van der Waals surface area (Å²) in [5.74, 6) is 0.847. The Morgan fingerprint density at radius 1 is 1.09 bits per heavy atom. The van der Waals surface area contributed by atoms with E-state index in [2.05, 4.69) is 31.5 Å². The van der Waals surface area contributed by atoms with Gasteiger partial charge in [-0.3, -0.25) is 10.1 Å². The number of aromatic nitrogens is 1. The summed E-state index contributed by atoms with van der Waals surface area (Å²) in [6.45, 7) is 0. The lowest BCUT2D eigenvalue weighted by Crippen LogP contribution is -2.34. The van der Waals surface area contributed by atoms with Crippen molar-refractivity contribution in [2.24, 2.45) is 0 Å². The van der Waals surface area contributed by atoms with Gasteiger partial charge in [-0.25, -0.2) is 4.98 Å². The SMILES string of the molecule is COc1ccc(-c2csc(NC(=S)NC(=O)c3cc4ccccc4c(Br)c3OC)n2)cc1. The minimum Gasteiger partial charge on any atom is -0.497 e. The molecule has 0 unspecified atom stereocenters. The van der Waals surface area contributed by atoms with Gasteiger partial charge in [0.25, 0.3) is 5.91 Å². The van der Waals surface area contributed by atoms with Gasteiger partial charge in [-0.15, -0.1) is 11.3 Å². The number of rotatable bonds is 5. The second kappa shape index (κ2) is 9.64. The number of thiazole rings is 1. The van der Waals surface area contributed by atoms with E-state index >= 15 is 0 Å². The molecule has 0 spiro atoms. The van der Waals surface area contributed by atoms with Crippen molar-refractivity contribution < 1.29 is 14.3 Å². The number of anilines is 1. The molecule has 0 aliphatic heterocycles. The van der Waals surface area contributed by atoms with Crippen LogP contribution in [-0.4, -0.2) is 30.2 Å². The lowest BCUT2D eigenvalue weighted by molar-refractivity contribution is 0.0975. The van der Waals surface area contributed by atoms with E-state index in [1.54, 1.807) is 13.2 Å². The summed E-state index contributed by atoms with van der Waals surface area (Å²) in [4.78, 5) is 17.5. The van der Waals surface area contributed by atoms with Crippen molar-refractivity contribution in [2.45, 2.75) is 0 Å². The molecule has 0 atom stereocenters. The van der Waals surface area contributed by atoms with Crippen molar-refractivity contribution in [3.63, 3.8) is 0 Å². The third-order valence-electron chi connectivity index (χ3n) is 4.73. The normalized spacial score (nSPS) is 10.6. The summed E-state index contributed by atoms with van der Waals surface area (Å²) in [6, 6.07) is 17.1. The van der Waals surface area contributed by atoms with Crippen LogP contribution in [0.25, 0.3) is 22.0 Å². The van der Waals surface area contributed by atoms with Crippen molar-refractivity contribution in [1.29, 1.82) is 0 Å². The highest BCUT2D eigenvalue weighted by atomic mass is 79.9. The number of nitrogens with one attached hydrogen (secondary N) is 2. The van der Waals surface area contributed by atoms with Crippen LogP contribution < -0.4 is 20.1 Å². The topological polar surface area (TPSA) is 72.5 Å². The van der Waals surface area contributed by atoms with Gasteiger partial charge in [0.15, 0.2) is 10.2 Å². The number of fused-ring (bicyclic) bond motifs is 1. The summed E-state index contributed by atoms with van der Waals surface area (Å²) >= 11 is 10.3. The Labute approximate surface area is 202 Å². The lowest BCUT2D eigenvalue weighted by atomic mass is 10.1. The molecule has 1 amide bonds. The van der Waals surface area contributed by atoms with E-state index in [4.69, 9.17) is 21.7 Å². The third-order valence-corrected chi connectivity index (χ3v) is 6.48. The number of carbonyl (C=O) groups excluding carboxylic acids is 1. The van der Waals surface area contributed by atoms with Crippen LogP contribution in [0.15, 0.2) is 64.5 Å². The van der Waals surface area contributed by atoms with Crippen molar-refractivity contribution >= 4 is 66.4 Å². The molecule has 0 fully saturated rings. The van der Waals surface area contributed by atoms with E-state index in [1.165, 1.54) is 18.4 Å². The monoisotopic (exact) mass is 527 g/mol. The van der Waals surface area contributed by atoms with Gasteiger partial charge in [0, 0.05) is 10.9 Å². The van der Waals surface area contributed by atoms with Gasteiger partial charge in [0.2, 0.25) is 0 Å². The molecule has 32 heavy (non-hydrogen) atoms. The van der Waals surface area contributed by atoms with E-state index in [0.29, 0.717) is 20.9 Å². The zero-order valence-corrected chi connectivity index (χ0v) is 20.4. The van der Waals surface area contributed by atoms with Gasteiger partial charge < -0.3 is 14.8 Å². The molecule has 0 saturated heterocycles. The first-order chi connectivity index (χ1) is 15.5. The first kappa shape index (κ1) is 22.2. The van der Waals surface area contributed by atoms with Crippen molar-refractivity contribution in [1.82, 2.24) is 10.3 Å². The van der Waals surface area contributed by atoms with Gasteiger partial charge >= 0.3 is 0 Å². The van der Waals surface area contributed by atoms with Crippen LogP contribution in [0.3, 0.4) is 0 Å². The first-order valence-corrected chi connectivity index (χ1v) is 11.6. The average molecular weight is 528 g/mol. The van der Waals surface area contributed by atoms with Gasteiger partial charge in [-0.1, -0.05) is 24.3 Å². The summed E-state index contributed by atoms with van der Waals surface area (Å²) in [6.07, 6.45) is 0. The average Bonchev–Trinajstić information content (AvgIpc) is 3.27. The predicted octanol–water partition coefficient (Wildman–Crippen LogP) is 5.87. The highest BCUT2D eigenvalue weighted by Gasteiger charge is 2.19. The van der Waals surface area contributed by atoms with Gasteiger partial charge in [0.1, 0.15) is 11.5 Å².